The highest BCUT2D eigenvalue weighted by molar-refractivity contribution is 8.00. The predicted molar refractivity (Wildman–Crippen MR) is 106 cm³/mol. The molecule has 0 fully saturated rings. The van der Waals surface area contributed by atoms with Crippen LogP contribution >= 0.6 is 23.1 Å². The summed E-state index contributed by atoms with van der Waals surface area (Å²) in [5, 5.41) is 2.52. The molecule has 1 aromatic heterocycles. The first kappa shape index (κ1) is 18.5. The van der Waals surface area contributed by atoms with Gasteiger partial charge in [-0.15, -0.1) is 23.1 Å². The third-order valence-electron chi connectivity index (χ3n) is 3.62. The molecule has 26 heavy (non-hydrogen) atoms. The Hall–Kier alpha value is -2.31. The lowest BCUT2D eigenvalue weighted by Gasteiger charge is -2.10. The minimum atomic E-state index is -0.270. The Kier molecular flexibility index (Phi) is 6.30. The Morgan fingerprint density at radius 2 is 2.00 bits per heavy atom. The van der Waals surface area contributed by atoms with Crippen LogP contribution in [0, 0.1) is 0 Å². The van der Waals surface area contributed by atoms with Crippen LogP contribution < -0.4 is 4.74 Å². The average Bonchev–Trinajstić information content (AvgIpc) is 3.16. The molecule has 0 aliphatic rings. The summed E-state index contributed by atoms with van der Waals surface area (Å²) >= 11 is 3.01. The lowest BCUT2D eigenvalue weighted by Crippen LogP contribution is -2.16. The molecule has 0 radical (unpaired) electrons. The SMILES string of the molecule is COc1cccc(-c2nc(COC(=O)[C@H](C)Sc3ccccc3)cs2)c1. The number of aromatic nitrogens is 1. The highest BCUT2D eigenvalue weighted by Gasteiger charge is 2.16. The van der Waals surface area contributed by atoms with Gasteiger partial charge < -0.3 is 9.47 Å². The highest BCUT2D eigenvalue weighted by atomic mass is 32.2. The van der Waals surface area contributed by atoms with Crippen molar-refractivity contribution in [3.63, 3.8) is 0 Å². The van der Waals surface area contributed by atoms with Crippen LogP contribution in [-0.4, -0.2) is 23.3 Å². The summed E-state index contributed by atoms with van der Waals surface area (Å²) in [6, 6.07) is 17.6. The Morgan fingerprint density at radius 1 is 1.19 bits per heavy atom. The zero-order valence-corrected chi connectivity index (χ0v) is 16.2. The van der Waals surface area contributed by atoms with E-state index in [1.165, 1.54) is 23.1 Å². The van der Waals surface area contributed by atoms with E-state index in [9.17, 15) is 4.79 Å². The van der Waals surface area contributed by atoms with Crippen LogP contribution in [0.2, 0.25) is 0 Å². The van der Waals surface area contributed by atoms with Crippen LogP contribution in [-0.2, 0) is 16.1 Å². The number of methoxy groups -OCH3 is 1. The molecule has 0 amide bonds. The topological polar surface area (TPSA) is 48.4 Å². The van der Waals surface area contributed by atoms with E-state index in [0.29, 0.717) is 0 Å². The fourth-order valence-corrected chi connectivity index (χ4v) is 3.96. The Balaban J connectivity index is 1.56. The summed E-state index contributed by atoms with van der Waals surface area (Å²) in [5.41, 5.74) is 1.73. The van der Waals surface area contributed by atoms with Gasteiger partial charge in [-0.1, -0.05) is 30.3 Å². The van der Waals surface area contributed by atoms with Crippen molar-refractivity contribution in [1.29, 1.82) is 0 Å². The zero-order valence-electron chi connectivity index (χ0n) is 14.5. The van der Waals surface area contributed by atoms with E-state index >= 15 is 0 Å². The largest absolute Gasteiger partial charge is 0.497 e. The van der Waals surface area contributed by atoms with Gasteiger partial charge in [0.15, 0.2) is 0 Å². The lowest BCUT2D eigenvalue weighted by atomic mass is 10.2. The molecule has 0 saturated carbocycles. The number of carbonyl (C=O) groups is 1. The van der Waals surface area contributed by atoms with Gasteiger partial charge in [-0.3, -0.25) is 4.79 Å². The van der Waals surface area contributed by atoms with Gasteiger partial charge in [0.1, 0.15) is 22.6 Å². The van der Waals surface area contributed by atoms with Crippen LogP contribution in [0.15, 0.2) is 64.9 Å². The van der Waals surface area contributed by atoms with Crippen LogP contribution in [0.4, 0.5) is 0 Å². The van der Waals surface area contributed by atoms with Crippen molar-refractivity contribution in [2.45, 2.75) is 23.7 Å². The molecule has 2 aromatic carbocycles. The van der Waals surface area contributed by atoms with Crippen LogP contribution in [0.3, 0.4) is 0 Å². The fourth-order valence-electron chi connectivity index (χ4n) is 2.28. The number of hydrogen-bond acceptors (Lipinski definition) is 6. The van der Waals surface area contributed by atoms with Gasteiger partial charge in [0, 0.05) is 15.8 Å². The van der Waals surface area contributed by atoms with E-state index in [0.717, 1.165) is 26.9 Å². The van der Waals surface area contributed by atoms with E-state index < -0.39 is 0 Å². The van der Waals surface area contributed by atoms with Gasteiger partial charge in [-0.25, -0.2) is 4.98 Å². The van der Waals surface area contributed by atoms with E-state index in [1.54, 1.807) is 7.11 Å². The molecule has 6 heteroatoms. The summed E-state index contributed by atoms with van der Waals surface area (Å²) in [6.45, 7) is 2.03. The number of thioether (sulfide) groups is 1. The van der Waals surface area contributed by atoms with Crippen LogP contribution in [0.5, 0.6) is 5.75 Å². The first-order chi connectivity index (χ1) is 12.7. The number of thiazole rings is 1. The molecule has 0 bridgehead atoms. The van der Waals surface area contributed by atoms with Gasteiger partial charge in [-0.2, -0.15) is 0 Å². The molecular weight excluding hydrogens is 366 g/mol. The van der Waals surface area contributed by atoms with Gasteiger partial charge >= 0.3 is 5.97 Å². The second kappa shape index (κ2) is 8.87. The highest BCUT2D eigenvalue weighted by Crippen LogP contribution is 2.27. The predicted octanol–water partition coefficient (Wildman–Crippen LogP) is 5.04. The van der Waals surface area contributed by atoms with Gasteiger partial charge in [0.25, 0.3) is 0 Å². The smallest absolute Gasteiger partial charge is 0.319 e. The minimum absolute atomic E-state index is 0.180. The zero-order chi connectivity index (χ0) is 18.4. The van der Waals surface area contributed by atoms with E-state index in [1.807, 2.05) is 66.9 Å². The minimum Gasteiger partial charge on any atom is -0.497 e. The number of carbonyl (C=O) groups excluding carboxylic acids is 1. The van der Waals surface area contributed by atoms with E-state index in [4.69, 9.17) is 9.47 Å². The quantitative estimate of drug-likeness (QED) is 0.421. The Labute approximate surface area is 161 Å². The molecule has 0 aliphatic heterocycles. The van der Waals surface area contributed by atoms with Gasteiger partial charge in [0.2, 0.25) is 0 Å². The summed E-state index contributed by atoms with van der Waals surface area (Å²) in [4.78, 5) is 17.8. The molecule has 4 nitrogen and oxygen atoms in total. The van der Waals surface area contributed by atoms with Gasteiger partial charge in [-0.05, 0) is 31.2 Å². The monoisotopic (exact) mass is 385 g/mol. The Bertz CT molecular complexity index is 864. The second-order valence-corrected chi connectivity index (χ2v) is 7.83. The molecule has 3 aromatic rings. The third kappa shape index (κ3) is 4.86. The summed E-state index contributed by atoms with van der Waals surface area (Å²) in [5.74, 6) is 0.548. The van der Waals surface area contributed by atoms with Crippen LogP contribution in [0.1, 0.15) is 12.6 Å². The third-order valence-corrected chi connectivity index (χ3v) is 5.65. The first-order valence-electron chi connectivity index (χ1n) is 8.13. The van der Waals surface area contributed by atoms with E-state index in [-0.39, 0.29) is 17.8 Å². The van der Waals surface area contributed by atoms with Crippen molar-refractivity contribution in [2.75, 3.05) is 7.11 Å². The van der Waals surface area contributed by atoms with Crippen molar-refractivity contribution in [2.24, 2.45) is 0 Å². The summed E-state index contributed by atoms with van der Waals surface area (Å²) in [6.07, 6.45) is 0. The van der Waals surface area contributed by atoms with Crippen molar-refractivity contribution in [1.82, 2.24) is 4.98 Å². The molecule has 0 N–H and O–H groups in total. The number of ether oxygens (including phenoxy) is 2. The molecule has 0 aliphatic carbocycles. The van der Waals surface area contributed by atoms with Crippen molar-refractivity contribution >= 4 is 29.1 Å². The van der Waals surface area contributed by atoms with Gasteiger partial charge in [0.05, 0.1) is 12.8 Å². The lowest BCUT2D eigenvalue weighted by molar-refractivity contribution is -0.144. The van der Waals surface area contributed by atoms with Crippen molar-refractivity contribution in [3.8, 4) is 16.3 Å². The molecule has 0 unspecified atom stereocenters. The molecular formula is C20H19NO3S2. The van der Waals surface area contributed by atoms with Crippen LogP contribution in [0.25, 0.3) is 10.6 Å². The number of esters is 1. The number of hydrogen-bond donors (Lipinski definition) is 0. The summed E-state index contributed by atoms with van der Waals surface area (Å²) in [7, 11) is 1.64. The maximum Gasteiger partial charge on any atom is 0.319 e. The van der Waals surface area contributed by atoms with Crippen molar-refractivity contribution < 1.29 is 14.3 Å². The molecule has 134 valence electrons. The standard InChI is InChI=1S/C20H19NO3S2/c1-14(26-18-9-4-3-5-10-18)20(22)24-12-16-13-25-19(21-16)15-7-6-8-17(11-15)23-2/h3-11,13-14H,12H2,1-2H3/t14-/m0/s1. The normalized spacial score (nSPS) is 11.8. The number of nitrogens with zero attached hydrogens (tertiary/aromatic N) is 1. The molecule has 1 heterocycles. The maximum absolute atomic E-state index is 12.2. The summed E-state index contributed by atoms with van der Waals surface area (Å²) < 4.78 is 10.7. The van der Waals surface area contributed by atoms with Crippen molar-refractivity contribution in [3.05, 3.63) is 65.7 Å². The fraction of sp³-hybridized carbons (Fsp3) is 0.200. The number of benzene rings is 2. The molecule has 1 atom stereocenters. The average molecular weight is 386 g/mol. The second-order valence-electron chi connectivity index (χ2n) is 5.56. The molecule has 0 saturated heterocycles. The first-order valence-corrected chi connectivity index (χ1v) is 9.89. The number of rotatable bonds is 7. The maximum atomic E-state index is 12.2. The molecule has 3 rings (SSSR count). The molecule has 0 spiro atoms. The van der Waals surface area contributed by atoms with E-state index in [2.05, 4.69) is 4.98 Å². The Morgan fingerprint density at radius 3 is 2.77 bits per heavy atom.